The minimum atomic E-state index is 0.0253. The molecule has 1 fully saturated rings. The lowest BCUT2D eigenvalue weighted by Crippen LogP contribution is -2.10. The molecular weight excluding hydrogens is 336 g/mol. The Morgan fingerprint density at radius 3 is 3.00 bits per heavy atom. The zero-order chi connectivity index (χ0) is 17.6. The van der Waals surface area contributed by atoms with Crippen molar-refractivity contribution in [3.05, 3.63) is 24.3 Å². The zero-order valence-corrected chi connectivity index (χ0v) is 15.4. The molecule has 0 radical (unpaired) electrons. The van der Waals surface area contributed by atoms with Gasteiger partial charge in [-0.25, -0.2) is 0 Å². The smallest absolute Gasteiger partial charge is 0.218 e. The van der Waals surface area contributed by atoms with Gasteiger partial charge in [-0.1, -0.05) is 43.8 Å². The molecule has 1 saturated heterocycles. The molecule has 3 rings (SSSR count). The van der Waals surface area contributed by atoms with Gasteiger partial charge in [-0.3, -0.25) is 4.99 Å². The van der Waals surface area contributed by atoms with Gasteiger partial charge in [-0.05, 0) is 24.8 Å². The zero-order valence-electron chi connectivity index (χ0n) is 14.6. The van der Waals surface area contributed by atoms with Crippen molar-refractivity contribution in [2.24, 2.45) is 21.1 Å². The Morgan fingerprint density at radius 1 is 1.40 bits per heavy atom. The molecule has 1 aromatic heterocycles. The van der Waals surface area contributed by atoms with Crippen LogP contribution in [0.25, 0.3) is 10.9 Å². The molecule has 0 saturated carbocycles. The van der Waals surface area contributed by atoms with Gasteiger partial charge in [0.2, 0.25) is 11.0 Å². The number of aromatic hydroxyl groups is 1. The number of aromatic amines is 1. The quantitative estimate of drug-likeness (QED) is 0.453. The van der Waals surface area contributed by atoms with Gasteiger partial charge in [0.05, 0.1) is 18.2 Å². The summed E-state index contributed by atoms with van der Waals surface area (Å²) in [6.07, 6.45) is 2.33. The van der Waals surface area contributed by atoms with Crippen LogP contribution in [0.1, 0.15) is 26.7 Å². The Bertz CT molecular complexity index is 764. The van der Waals surface area contributed by atoms with Crippen molar-refractivity contribution in [3.63, 3.8) is 0 Å². The molecule has 2 N–H and O–H groups in total. The first-order valence-corrected chi connectivity index (χ1v) is 9.62. The van der Waals surface area contributed by atoms with E-state index in [1.807, 2.05) is 24.3 Å². The molecule has 1 aliphatic rings. The third-order valence-corrected chi connectivity index (χ3v) is 5.20. The number of amidine groups is 1. The molecule has 0 unspecified atom stereocenters. The number of aromatic nitrogens is 1. The van der Waals surface area contributed by atoms with Crippen LogP contribution in [-0.2, 0) is 4.74 Å². The van der Waals surface area contributed by atoms with Crippen molar-refractivity contribution in [1.29, 1.82) is 0 Å². The molecule has 1 aliphatic heterocycles. The second kappa shape index (κ2) is 8.49. The summed E-state index contributed by atoms with van der Waals surface area (Å²) in [5.74, 6) is 1.48. The Kier molecular flexibility index (Phi) is 6.09. The number of ether oxygens (including phenoxy) is 1. The van der Waals surface area contributed by atoms with Gasteiger partial charge in [-0.15, -0.1) is 10.2 Å². The van der Waals surface area contributed by atoms with E-state index in [1.165, 1.54) is 0 Å². The van der Waals surface area contributed by atoms with Crippen LogP contribution in [0.4, 0.5) is 5.69 Å². The monoisotopic (exact) mass is 360 g/mol. The number of nitrogens with zero attached hydrogens (tertiary/aromatic N) is 3. The van der Waals surface area contributed by atoms with Crippen LogP contribution in [0, 0.1) is 5.92 Å². The number of hydrogen-bond acceptors (Lipinski definition) is 5. The minimum Gasteiger partial charge on any atom is -0.493 e. The van der Waals surface area contributed by atoms with Crippen molar-refractivity contribution in [3.8, 4) is 5.88 Å². The summed E-state index contributed by atoms with van der Waals surface area (Å²) >= 11 is 1.59. The number of benzene rings is 1. The first-order valence-electron chi connectivity index (χ1n) is 8.63. The summed E-state index contributed by atoms with van der Waals surface area (Å²) in [6.45, 7) is 5.75. The van der Waals surface area contributed by atoms with Gasteiger partial charge in [0.15, 0.2) is 5.69 Å². The fraction of sp³-hybridized carbons (Fsp3) is 0.500. The van der Waals surface area contributed by atoms with E-state index in [2.05, 4.69) is 34.1 Å². The number of H-pyrrole nitrogens is 1. The van der Waals surface area contributed by atoms with E-state index in [4.69, 9.17) is 4.74 Å². The van der Waals surface area contributed by atoms with E-state index >= 15 is 0 Å². The number of azo groups is 1. The molecule has 0 bridgehead atoms. The molecule has 25 heavy (non-hydrogen) atoms. The SMILES string of the molecule is CC(C)CSC(N=Nc1c(O)[nH]c2ccccc12)=NC[C@@H]1CCCO1. The van der Waals surface area contributed by atoms with E-state index < -0.39 is 0 Å². The topological polar surface area (TPSA) is 82.3 Å². The first kappa shape index (κ1) is 17.9. The number of para-hydroxylation sites is 1. The summed E-state index contributed by atoms with van der Waals surface area (Å²) < 4.78 is 5.62. The fourth-order valence-corrected chi connectivity index (χ4v) is 3.37. The average Bonchev–Trinajstić information content (AvgIpc) is 3.21. The predicted molar refractivity (Wildman–Crippen MR) is 103 cm³/mol. The predicted octanol–water partition coefficient (Wildman–Crippen LogP) is 4.88. The first-order chi connectivity index (χ1) is 12.1. The van der Waals surface area contributed by atoms with Crippen LogP contribution in [0.15, 0.2) is 39.5 Å². The average molecular weight is 360 g/mol. The van der Waals surface area contributed by atoms with Gasteiger partial charge in [0.25, 0.3) is 0 Å². The maximum absolute atomic E-state index is 10.1. The number of thioether (sulfide) groups is 1. The number of fused-ring (bicyclic) bond motifs is 1. The number of rotatable bonds is 5. The highest BCUT2D eigenvalue weighted by atomic mass is 32.2. The third kappa shape index (κ3) is 4.83. The lowest BCUT2D eigenvalue weighted by atomic mass is 10.2. The van der Waals surface area contributed by atoms with Gasteiger partial charge >= 0.3 is 0 Å². The van der Waals surface area contributed by atoms with Crippen molar-refractivity contribution < 1.29 is 9.84 Å². The van der Waals surface area contributed by atoms with Crippen LogP contribution in [0.5, 0.6) is 5.88 Å². The van der Waals surface area contributed by atoms with Crippen LogP contribution < -0.4 is 0 Å². The summed E-state index contributed by atoms with van der Waals surface area (Å²) in [5.41, 5.74) is 1.28. The highest BCUT2D eigenvalue weighted by Crippen LogP contribution is 2.35. The van der Waals surface area contributed by atoms with Gasteiger partial charge in [0.1, 0.15) is 0 Å². The maximum atomic E-state index is 10.1. The number of aliphatic imine (C=N–C) groups is 1. The highest BCUT2D eigenvalue weighted by Gasteiger charge is 2.15. The summed E-state index contributed by atoms with van der Waals surface area (Å²) in [4.78, 5) is 7.50. The maximum Gasteiger partial charge on any atom is 0.218 e. The standard InChI is InChI=1S/C18H24N4O2S/c1-12(2)11-25-18(19-10-13-6-5-9-24-13)22-21-16-14-7-3-4-8-15(14)20-17(16)23/h3-4,7-8,12-13,20,23H,5-6,9-11H2,1-2H3/t13-/m0/s1. The van der Waals surface area contributed by atoms with Gasteiger partial charge < -0.3 is 14.8 Å². The minimum absolute atomic E-state index is 0.0253. The van der Waals surface area contributed by atoms with E-state index in [0.29, 0.717) is 23.3 Å². The van der Waals surface area contributed by atoms with Crippen LogP contribution in [-0.4, -0.2) is 40.3 Å². The molecular formula is C18H24N4O2S. The van der Waals surface area contributed by atoms with Crippen molar-refractivity contribution in [1.82, 2.24) is 4.98 Å². The van der Waals surface area contributed by atoms with Crippen molar-refractivity contribution >= 4 is 33.5 Å². The van der Waals surface area contributed by atoms with E-state index in [-0.39, 0.29) is 12.0 Å². The van der Waals surface area contributed by atoms with E-state index in [0.717, 1.165) is 36.1 Å². The Labute approximate surface area is 151 Å². The molecule has 0 amide bonds. The normalized spacial score (nSPS) is 18.8. The van der Waals surface area contributed by atoms with Crippen molar-refractivity contribution in [2.45, 2.75) is 32.8 Å². The Hall–Kier alpha value is -1.86. The molecule has 6 nitrogen and oxygen atoms in total. The van der Waals surface area contributed by atoms with Crippen LogP contribution >= 0.6 is 11.8 Å². The second-order valence-electron chi connectivity index (χ2n) is 6.53. The molecule has 2 aromatic rings. The number of nitrogens with one attached hydrogen (secondary N) is 1. The number of hydrogen-bond donors (Lipinski definition) is 2. The Morgan fingerprint density at radius 2 is 2.24 bits per heavy atom. The molecule has 1 aromatic carbocycles. The molecule has 0 spiro atoms. The largest absolute Gasteiger partial charge is 0.493 e. The summed E-state index contributed by atoms with van der Waals surface area (Å²) in [6, 6.07) is 7.62. The summed E-state index contributed by atoms with van der Waals surface area (Å²) in [5, 5.41) is 20.1. The van der Waals surface area contributed by atoms with E-state index in [9.17, 15) is 5.11 Å². The molecule has 2 heterocycles. The fourth-order valence-electron chi connectivity index (χ4n) is 2.62. The van der Waals surface area contributed by atoms with Gasteiger partial charge in [0, 0.05) is 17.7 Å². The summed E-state index contributed by atoms with van der Waals surface area (Å²) in [7, 11) is 0. The van der Waals surface area contributed by atoms with Crippen LogP contribution in [0.2, 0.25) is 0 Å². The molecule has 1 atom stereocenters. The lowest BCUT2D eigenvalue weighted by molar-refractivity contribution is 0.118. The third-order valence-electron chi connectivity index (χ3n) is 3.90. The molecule has 134 valence electrons. The van der Waals surface area contributed by atoms with E-state index in [1.54, 1.807) is 11.8 Å². The lowest BCUT2D eigenvalue weighted by Gasteiger charge is -2.07. The van der Waals surface area contributed by atoms with Crippen LogP contribution in [0.3, 0.4) is 0 Å². The Balaban J connectivity index is 1.78. The van der Waals surface area contributed by atoms with Gasteiger partial charge in [-0.2, -0.15) is 0 Å². The van der Waals surface area contributed by atoms with Crippen molar-refractivity contribution in [2.75, 3.05) is 18.9 Å². The molecule has 0 aliphatic carbocycles. The highest BCUT2D eigenvalue weighted by molar-refractivity contribution is 8.13. The molecule has 7 heteroatoms. The second-order valence-corrected chi connectivity index (χ2v) is 7.52.